The number of aliphatic carboxylic acids is 1. The van der Waals surface area contributed by atoms with E-state index in [1.54, 1.807) is 32.2 Å². The second-order valence-electron chi connectivity index (χ2n) is 4.93. The Hall–Kier alpha value is -2.49. The van der Waals surface area contributed by atoms with E-state index in [1.165, 1.54) is 0 Å². The number of carboxylic acids is 1. The number of rotatable bonds is 5. The Morgan fingerprint density at radius 1 is 1.19 bits per heavy atom. The number of carbonyl (C=O) groups is 1. The maximum absolute atomic E-state index is 11.2. The topological polar surface area (TPSA) is 66.8 Å². The van der Waals surface area contributed by atoms with Crippen LogP contribution in [0.5, 0.6) is 11.5 Å². The van der Waals surface area contributed by atoms with Gasteiger partial charge in [-0.25, -0.2) is 0 Å². The van der Waals surface area contributed by atoms with Gasteiger partial charge in [0, 0.05) is 12.0 Å². The molecule has 4 nitrogen and oxygen atoms in total. The molecular weight excluding hydrogens is 268 g/mol. The molecule has 0 saturated carbocycles. The SMILES string of the molecule is COc1ccc(Cc2c(O)cccc2C(C)C(=O)O)cc1. The van der Waals surface area contributed by atoms with Crippen LogP contribution in [0, 0.1) is 0 Å². The van der Waals surface area contributed by atoms with Gasteiger partial charge in [0.15, 0.2) is 0 Å². The van der Waals surface area contributed by atoms with E-state index in [9.17, 15) is 15.0 Å². The molecule has 0 saturated heterocycles. The molecule has 2 N–H and O–H groups in total. The number of ether oxygens (including phenoxy) is 1. The van der Waals surface area contributed by atoms with Gasteiger partial charge in [0.2, 0.25) is 0 Å². The van der Waals surface area contributed by atoms with Crippen LogP contribution in [0.3, 0.4) is 0 Å². The van der Waals surface area contributed by atoms with Gasteiger partial charge in [-0.3, -0.25) is 4.79 Å². The number of carboxylic acid groups (broad SMARTS) is 1. The van der Waals surface area contributed by atoms with Crippen LogP contribution in [-0.2, 0) is 11.2 Å². The van der Waals surface area contributed by atoms with Crippen LogP contribution in [0.25, 0.3) is 0 Å². The van der Waals surface area contributed by atoms with E-state index in [-0.39, 0.29) is 5.75 Å². The fourth-order valence-corrected chi connectivity index (χ4v) is 2.27. The Morgan fingerprint density at radius 2 is 1.86 bits per heavy atom. The lowest BCUT2D eigenvalue weighted by Crippen LogP contribution is -2.10. The van der Waals surface area contributed by atoms with Crippen molar-refractivity contribution >= 4 is 5.97 Å². The lowest BCUT2D eigenvalue weighted by Gasteiger charge is -2.15. The van der Waals surface area contributed by atoms with Gasteiger partial charge in [-0.15, -0.1) is 0 Å². The zero-order valence-corrected chi connectivity index (χ0v) is 12.0. The van der Waals surface area contributed by atoms with Gasteiger partial charge in [-0.2, -0.15) is 0 Å². The monoisotopic (exact) mass is 286 g/mol. The zero-order chi connectivity index (χ0) is 15.4. The second-order valence-corrected chi connectivity index (χ2v) is 4.93. The minimum Gasteiger partial charge on any atom is -0.508 e. The van der Waals surface area contributed by atoms with Gasteiger partial charge in [-0.05, 0) is 36.2 Å². The van der Waals surface area contributed by atoms with E-state index >= 15 is 0 Å². The van der Waals surface area contributed by atoms with E-state index in [2.05, 4.69) is 0 Å². The predicted molar refractivity (Wildman–Crippen MR) is 80.0 cm³/mol. The van der Waals surface area contributed by atoms with Gasteiger partial charge < -0.3 is 14.9 Å². The molecule has 2 aromatic carbocycles. The van der Waals surface area contributed by atoms with Crippen molar-refractivity contribution in [2.45, 2.75) is 19.3 Å². The molecule has 0 fully saturated rings. The number of phenols is 1. The highest BCUT2D eigenvalue weighted by atomic mass is 16.5. The van der Waals surface area contributed by atoms with Crippen LogP contribution >= 0.6 is 0 Å². The minimum atomic E-state index is -0.906. The van der Waals surface area contributed by atoms with Gasteiger partial charge in [0.1, 0.15) is 11.5 Å². The third-order valence-corrected chi connectivity index (χ3v) is 3.56. The standard InChI is InChI=1S/C17H18O4/c1-11(17(19)20)14-4-3-5-16(18)15(14)10-12-6-8-13(21-2)9-7-12/h3-9,11,18H,10H2,1-2H3,(H,19,20). The molecule has 0 heterocycles. The average Bonchev–Trinajstić information content (AvgIpc) is 2.49. The summed E-state index contributed by atoms with van der Waals surface area (Å²) in [5.41, 5.74) is 2.27. The molecule has 0 bridgehead atoms. The third kappa shape index (κ3) is 3.34. The molecule has 0 spiro atoms. The number of methoxy groups -OCH3 is 1. The summed E-state index contributed by atoms with van der Waals surface area (Å²) in [4.78, 5) is 11.2. The average molecular weight is 286 g/mol. The molecule has 2 rings (SSSR count). The van der Waals surface area contributed by atoms with Crippen molar-refractivity contribution in [1.82, 2.24) is 0 Å². The second kappa shape index (κ2) is 6.31. The first kappa shape index (κ1) is 14.9. The summed E-state index contributed by atoms with van der Waals surface area (Å²) in [6, 6.07) is 12.5. The van der Waals surface area contributed by atoms with Crippen LogP contribution in [-0.4, -0.2) is 23.3 Å². The molecule has 0 radical (unpaired) electrons. The fourth-order valence-electron chi connectivity index (χ4n) is 2.27. The molecule has 0 aromatic heterocycles. The largest absolute Gasteiger partial charge is 0.508 e. The van der Waals surface area contributed by atoms with Crippen LogP contribution in [0.4, 0.5) is 0 Å². The summed E-state index contributed by atoms with van der Waals surface area (Å²) in [5, 5.41) is 19.3. The first-order valence-corrected chi connectivity index (χ1v) is 6.69. The molecule has 1 atom stereocenters. The Labute approximate surface area is 123 Å². The first-order valence-electron chi connectivity index (χ1n) is 6.69. The first-order chi connectivity index (χ1) is 10.0. The van der Waals surface area contributed by atoms with E-state index in [4.69, 9.17) is 4.74 Å². The zero-order valence-electron chi connectivity index (χ0n) is 12.0. The molecular formula is C17H18O4. The molecule has 0 amide bonds. The Kier molecular flexibility index (Phi) is 4.48. The number of benzene rings is 2. The van der Waals surface area contributed by atoms with Crippen molar-refractivity contribution in [2.75, 3.05) is 7.11 Å². The Morgan fingerprint density at radius 3 is 2.43 bits per heavy atom. The number of hydrogen-bond donors (Lipinski definition) is 2. The number of aromatic hydroxyl groups is 1. The summed E-state index contributed by atoms with van der Waals surface area (Å²) >= 11 is 0. The minimum absolute atomic E-state index is 0.122. The van der Waals surface area contributed by atoms with Gasteiger partial charge in [0.05, 0.1) is 13.0 Å². The molecule has 2 aromatic rings. The summed E-state index contributed by atoms with van der Waals surface area (Å²) in [6.07, 6.45) is 0.476. The van der Waals surface area contributed by atoms with E-state index in [0.717, 1.165) is 11.3 Å². The molecule has 110 valence electrons. The van der Waals surface area contributed by atoms with Crippen molar-refractivity contribution in [3.8, 4) is 11.5 Å². The molecule has 0 aliphatic heterocycles. The normalized spacial score (nSPS) is 11.9. The van der Waals surface area contributed by atoms with Crippen molar-refractivity contribution < 1.29 is 19.7 Å². The lowest BCUT2D eigenvalue weighted by atomic mass is 9.91. The Balaban J connectivity index is 2.36. The number of phenolic OH excluding ortho intramolecular Hbond substituents is 1. The van der Waals surface area contributed by atoms with Crippen molar-refractivity contribution in [3.05, 3.63) is 59.2 Å². The molecule has 0 aliphatic rings. The summed E-state index contributed by atoms with van der Waals surface area (Å²) in [5.74, 6) is -0.687. The van der Waals surface area contributed by atoms with Crippen molar-refractivity contribution in [2.24, 2.45) is 0 Å². The maximum atomic E-state index is 11.2. The van der Waals surface area contributed by atoms with Crippen molar-refractivity contribution in [3.63, 3.8) is 0 Å². The van der Waals surface area contributed by atoms with Crippen LogP contribution < -0.4 is 4.74 Å². The fraction of sp³-hybridized carbons (Fsp3) is 0.235. The van der Waals surface area contributed by atoms with Crippen LogP contribution in [0.15, 0.2) is 42.5 Å². The highest BCUT2D eigenvalue weighted by molar-refractivity contribution is 5.76. The predicted octanol–water partition coefficient (Wildman–Crippen LogP) is 3.18. The quantitative estimate of drug-likeness (QED) is 0.886. The van der Waals surface area contributed by atoms with Gasteiger partial charge in [0.25, 0.3) is 0 Å². The maximum Gasteiger partial charge on any atom is 0.310 e. The smallest absolute Gasteiger partial charge is 0.310 e. The highest BCUT2D eigenvalue weighted by Gasteiger charge is 2.19. The summed E-state index contributed by atoms with van der Waals surface area (Å²) < 4.78 is 5.11. The van der Waals surface area contributed by atoms with Gasteiger partial charge in [-0.1, -0.05) is 24.3 Å². The van der Waals surface area contributed by atoms with Crippen molar-refractivity contribution in [1.29, 1.82) is 0 Å². The molecule has 1 unspecified atom stereocenters. The van der Waals surface area contributed by atoms with Crippen LogP contribution in [0.2, 0.25) is 0 Å². The van der Waals surface area contributed by atoms with E-state index in [1.807, 2.05) is 24.3 Å². The van der Waals surface area contributed by atoms with E-state index < -0.39 is 11.9 Å². The highest BCUT2D eigenvalue weighted by Crippen LogP contribution is 2.30. The number of hydrogen-bond acceptors (Lipinski definition) is 3. The summed E-state index contributed by atoms with van der Waals surface area (Å²) in [6.45, 7) is 1.62. The lowest BCUT2D eigenvalue weighted by molar-refractivity contribution is -0.138. The molecule has 0 aliphatic carbocycles. The molecule has 4 heteroatoms. The Bertz CT molecular complexity index is 632. The molecule has 21 heavy (non-hydrogen) atoms. The third-order valence-electron chi connectivity index (χ3n) is 3.56. The van der Waals surface area contributed by atoms with Gasteiger partial charge >= 0.3 is 5.97 Å². The summed E-state index contributed by atoms with van der Waals surface area (Å²) in [7, 11) is 1.60. The van der Waals surface area contributed by atoms with E-state index in [0.29, 0.717) is 17.5 Å². The van der Waals surface area contributed by atoms with Crippen LogP contribution in [0.1, 0.15) is 29.5 Å².